The molecule has 2 rings (SSSR count). The van der Waals surface area contributed by atoms with Crippen molar-refractivity contribution in [2.45, 2.75) is 31.3 Å². The second kappa shape index (κ2) is 6.84. The van der Waals surface area contributed by atoms with E-state index in [1.807, 2.05) is 6.92 Å². The molecule has 21 heavy (non-hydrogen) atoms. The zero-order valence-corrected chi connectivity index (χ0v) is 13.2. The largest absolute Gasteiger partial charge is 0.379 e. The number of hydrogen-bond donors (Lipinski definition) is 3. The van der Waals surface area contributed by atoms with E-state index in [9.17, 15) is 8.42 Å². The van der Waals surface area contributed by atoms with Crippen LogP contribution in [0.1, 0.15) is 18.3 Å². The topological polar surface area (TPSA) is 113 Å². The third-order valence-electron chi connectivity index (χ3n) is 3.42. The van der Waals surface area contributed by atoms with Crippen molar-refractivity contribution in [3.05, 3.63) is 11.4 Å². The Morgan fingerprint density at radius 2 is 2.14 bits per heavy atom. The molecule has 0 amide bonds. The average molecular weight is 317 g/mol. The number of aromatic nitrogens is 2. The van der Waals surface area contributed by atoms with Gasteiger partial charge in [0.2, 0.25) is 10.0 Å². The molecule has 1 unspecified atom stereocenters. The molecule has 0 radical (unpaired) electrons. The molecular weight excluding hydrogens is 294 g/mol. The Kier molecular flexibility index (Phi) is 5.33. The van der Waals surface area contributed by atoms with Crippen LogP contribution in [0.3, 0.4) is 0 Å². The van der Waals surface area contributed by atoms with Crippen LogP contribution in [0.15, 0.2) is 4.90 Å². The summed E-state index contributed by atoms with van der Waals surface area (Å²) in [6.07, 6.45) is 0. The summed E-state index contributed by atoms with van der Waals surface area (Å²) >= 11 is 0. The molecule has 120 valence electrons. The summed E-state index contributed by atoms with van der Waals surface area (Å²) in [7, 11) is -3.62. The van der Waals surface area contributed by atoms with Gasteiger partial charge in [-0.05, 0) is 13.8 Å². The first-order valence-corrected chi connectivity index (χ1v) is 8.48. The van der Waals surface area contributed by atoms with Crippen LogP contribution in [0, 0.1) is 6.92 Å². The SMILES string of the molecule is Cc1[nH]nc(CN)c1S(=O)(=O)NC(C)CN1CCOCC1. The smallest absolute Gasteiger partial charge is 0.244 e. The van der Waals surface area contributed by atoms with Crippen LogP contribution in [-0.2, 0) is 21.3 Å². The molecule has 0 spiro atoms. The molecular formula is C12H23N5O3S. The third kappa shape index (κ3) is 4.01. The number of morpholine rings is 1. The van der Waals surface area contributed by atoms with Gasteiger partial charge in [-0.3, -0.25) is 10.00 Å². The van der Waals surface area contributed by atoms with E-state index in [2.05, 4.69) is 19.8 Å². The van der Waals surface area contributed by atoms with Gasteiger partial charge >= 0.3 is 0 Å². The lowest BCUT2D eigenvalue weighted by atomic mass is 10.3. The lowest BCUT2D eigenvalue weighted by Gasteiger charge is -2.29. The van der Waals surface area contributed by atoms with E-state index in [4.69, 9.17) is 10.5 Å². The standard InChI is InChI=1S/C12H23N5O3S/c1-9(8-17-3-5-20-6-4-17)16-21(18,19)12-10(2)14-15-11(12)7-13/h9,16H,3-8,13H2,1-2H3,(H,14,15). The summed E-state index contributed by atoms with van der Waals surface area (Å²) in [5.41, 5.74) is 6.41. The summed E-state index contributed by atoms with van der Waals surface area (Å²) in [4.78, 5) is 2.35. The fraction of sp³-hybridized carbons (Fsp3) is 0.750. The summed E-state index contributed by atoms with van der Waals surface area (Å²) in [5, 5.41) is 6.60. The van der Waals surface area contributed by atoms with E-state index in [1.165, 1.54) is 0 Å². The lowest BCUT2D eigenvalue weighted by Crippen LogP contribution is -2.46. The maximum absolute atomic E-state index is 12.5. The molecule has 1 atom stereocenters. The number of rotatable bonds is 6. The Hall–Kier alpha value is -1.00. The molecule has 2 heterocycles. The van der Waals surface area contributed by atoms with Gasteiger partial charge in [0, 0.05) is 32.2 Å². The van der Waals surface area contributed by atoms with Gasteiger partial charge in [0.25, 0.3) is 0 Å². The second-order valence-electron chi connectivity index (χ2n) is 5.26. The monoisotopic (exact) mass is 317 g/mol. The van der Waals surface area contributed by atoms with E-state index >= 15 is 0 Å². The first kappa shape index (κ1) is 16.4. The van der Waals surface area contributed by atoms with Crippen molar-refractivity contribution in [2.75, 3.05) is 32.8 Å². The van der Waals surface area contributed by atoms with Crippen LogP contribution in [0.5, 0.6) is 0 Å². The van der Waals surface area contributed by atoms with Crippen molar-refractivity contribution in [3.8, 4) is 0 Å². The number of nitrogens with one attached hydrogen (secondary N) is 2. The van der Waals surface area contributed by atoms with Crippen LogP contribution in [0.25, 0.3) is 0 Å². The van der Waals surface area contributed by atoms with Gasteiger partial charge < -0.3 is 10.5 Å². The number of sulfonamides is 1. The van der Waals surface area contributed by atoms with Gasteiger partial charge in [-0.1, -0.05) is 0 Å². The predicted molar refractivity (Wildman–Crippen MR) is 78.3 cm³/mol. The van der Waals surface area contributed by atoms with E-state index in [1.54, 1.807) is 6.92 Å². The highest BCUT2D eigenvalue weighted by molar-refractivity contribution is 7.89. The van der Waals surface area contributed by atoms with E-state index in [0.717, 1.165) is 13.1 Å². The van der Waals surface area contributed by atoms with Crippen LogP contribution in [-0.4, -0.2) is 62.4 Å². The quantitative estimate of drug-likeness (QED) is 0.631. The molecule has 8 nitrogen and oxygen atoms in total. The molecule has 0 aliphatic carbocycles. The average Bonchev–Trinajstić information content (AvgIpc) is 2.81. The van der Waals surface area contributed by atoms with Crippen LogP contribution in [0.2, 0.25) is 0 Å². The molecule has 0 aromatic carbocycles. The summed E-state index contributed by atoms with van der Waals surface area (Å²) in [6.45, 7) is 7.29. The van der Waals surface area contributed by atoms with E-state index < -0.39 is 10.0 Å². The van der Waals surface area contributed by atoms with Crippen molar-refractivity contribution in [1.82, 2.24) is 19.8 Å². The molecule has 1 aromatic heterocycles. The van der Waals surface area contributed by atoms with Gasteiger partial charge in [0.15, 0.2) is 0 Å². The van der Waals surface area contributed by atoms with Gasteiger partial charge in [-0.15, -0.1) is 0 Å². The first-order chi connectivity index (χ1) is 9.94. The van der Waals surface area contributed by atoms with Crippen molar-refractivity contribution in [1.29, 1.82) is 0 Å². The number of H-pyrrole nitrogens is 1. The van der Waals surface area contributed by atoms with Crippen molar-refractivity contribution >= 4 is 10.0 Å². The molecule has 1 aliphatic heterocycles. The number of nitrogens with two attached hydrogens (primary N) is 1. The van der Waals surface area contributed by atoms with E-state index in [0.29, 0.717) is 31.1 Å². The van der Waals surface area contributed by atoms with Gasteiger partial charge in [-0.2, -0.15) is 5.10 Å². The normalized spacial score (nSPS) is 18.8. The molecule has 1 aliphatic rings. The Labute approximate surface area is 125 Å². The number of nitrogens with zero attached hydrogens (tertiary/aromatic N) is 2. The Morgan fingerprint density at radius 1 is 1.48 bits per heavy atom. The molecule has 1 aromatic rings. The van der Waals surface area contributed by atoms with Crippen molar-refractivity contribution < 1.29 is 13.2 Å². The Bertz CT molecular complexity index is 565. The fourth-order valence-electron chi connectivity index (χ4n) is 2.50. The Morgan fingerprint density at radius 3 is 2.76 bits per heavy atom. The fourth-order valence-corrected chi connectivity index (χ4v) is 4.11. The minimum Gasteiger partial charge on any atom is -0.379 e. The van der Waals surface area contributed by atoms with Crippen molar-refractivity contribution in [2.24, 2.45) is 5.73 Å². The third-order valence-corrected chi connectivity index (χ3v) is 5.21. The zero-order valence-electron chi connectivity index (χ0n) is 12.4. The van der Waals surface area contributed by atoms with Gasteiger partial charge in [0.1, 0.15) is 4.90 Å². The second-order valence-corrected chi connectivity index (χ2v) is 6.91. The zero-order chi connectivity index (χ0) is 15.5. The van der Waals surface area contributed by atoms with Gasteiger partial charge in [-0.25, -0.2) is 13.1 Å². The maximum atomic E-state index is 12.5. The van der Waals surface area contributed by atoms with Crippen molar-refractivity contribution in [3.63, 3.8) is 0 Å². The summed E-state index contributed by atoms with van der Waals surface area (Å²) in [6, 6.07) is -0.201. The van der Waals surface area contributed by atoms with Crippen LogP contribution in [0.4, 0.5) is 0 Å². The van der Waals surface area contributed by atoms with E-state index in [-0.39, 0.29) is 17.5 Å². The highest BCUT2D eigenvalue weighted by atomic mass is 32.2. The first-order valence-electron chi connectivity index (χ1n) is 7.00. The molecule has 0 bridgehead atoms. The highest BCUT2D eigenvalue weighted by Gasteiger charge is 2.26. The molecule has 0 saturated carbocycles. The van der Waals surface area contributed by atoms with Crippen LogP contribution >= 0.6 is 0 Å². The predicted octanol–water partition coefficient (Wildman–Crippen LogP) is -0.824. The summed E-state index contributed by atoms with van der Waals surface area (Å²) in [5.74, 6) is 0. The number of aryl methyl sites for hydroxylation is 1. The number of aromatic amines is 1. The maximum Gasteiger partial charge on any atom is 0.244 e. The molecule has 4 N–H and O–H groups in total. The minimum atomic E-state index is -3.62. The summed E-state index contributed by atoms with van der Waals surface area (Å²) < 4.78 is 32.9. The molecule has 1 fully saturated rings. The highest BCUT2D eigenvalue weighted by Crippen LogP contribution is 2.17. The number of hydrogen-bond acceptors (Lipinski definition) is 6. The molecule has 1 saturated heterocycles. The molecule has 9 heteroatoms. The lowest BCUT2D eigenvalue weighted by molar-refractivity contribution is 0.0354. The number of ether oxygens (including phenoxy) is 1. The van der Waals surface area contributed by atoms with Gasteiger partial charge in [0.05, 0.1) is 24.6 Å². The minimum absolute atomic E-state index is 0.0818. The Balaban J connectivity index is 2.04. The van der Waals surface area contributed by atoms with Crippen LogP contribution < -0.4 is 10.5 Å².